The number of nitrogens with two attached hydrogens (primary N) is 1. The highest BCUT2D eigenvalue weighted by atomic mass is 19.1. The van der Waals surface area contributed by atoms with Crippen LogP contribution in [-0.4, -0.2) is 65.2 Å². The van der Waals surface area contributed by atoms with Crippen LogP contribution in [-0.2, 0) is 4.74 Å². The first kappa shape index (κ1) is 29.8. The molecule has 2 aromatic heterocycles. The van der Waals surface area contributed by atoms with Crippen molar-refractivity contribution in [2.24, 2.45) is 5.73 Å². The summed E-state index contributed by atoms with van der Waals surface area (Å²) in [5, 5.41) is 8.97. The lowest BCUT2D eigenvalue weighted by atomic mass is 10.0. The number of alkyl carbamates (subject to hydrolysis) is 1. The van der Waals surface area contributed by atoms with E-state index < -0.39 is 29.5 Å². The molecule has 2 atom stereocenters. The number of nitrogens with one attached hydrogen (secondary N) is 3. The van der Waals surface area contributed by atoms with Gasteiger partial charge in [0.2, 0.25) is 0 Å². The van der Waals surface area contributed by atoms with Gasteiger partial charge in [-0.1, -0.05) is 0 Å². The Balaban J connectivity index is 2.35. The zero-order chi connectivity index (χ0) is 27.9. The van der Waals surface area contributed by atoms with E-state index in [0.717, 1.165) is 30.3 Å². The normalized spacial score (nSPS) is 13.1. The smallest absolute Gasteiger partial charge is 0.407 e. The first-order chi connectivity index (χ1) is 17.2. The van der Waals surface area contributed by atoms with Crippen molar-refractivity contribution < 1.29 is 18.7 Å². The largest absolute Gasteiger partial charge is 0.444 e. The Labute approximate surface area is 218 Å². The first-order valence-electron chi connectivity index (χ1n) is 12.3. The highest BCUT2D eigenvalue weighted by molar-refractivity contribution is 5.98. The number of halogens is 1. The van der Waals surface area contributed by atoms with Crippen molar-refractivity contribution in [3.8, 4) is 0 Å². The predicted molar refractivity (Wildman–Crippen MR) is 144 cm³/mol. The third-order valence-electron chi connectivity index (χ3n) is 5.63. The molecule has 11 heteroatoms. The maximum absolute atomic E-state index is 15.1. The molecule has 0 aromatic carbocycles. The van der Waals surface area contributed by atoms with Crippen molar-refractivity contribution in [1.82, 2.24) is 20.2 Å². The summed E-state index contributed by atoms with van der Waals surface area (Å²) in [6.45, 7) is 11.8. The molecule has 0 unspecified atom stereocenters. The molecule has 0 aliphatic rings. The van der Waals surface area contributed by atoms with E-state index >= 15 is 4.39 Å². The zero-order valence-corrected chi connectivity index (χ0v) is 23.0. The van der Waals surface area contributed by atoms with Gasteiger partial charge in [-0.3, -0.25) is 9.78 Å². The number of anilines is 3. The van der Waals surface area contributed by atoms with Crippen LogP contribution >= 0.6 is 0 Å². The van der Waals surface area contributed by atoms with Crippen molar-refractivity contribution in [3.05, 3.63) is 41.0 Å². The van der Waals surface area contributed by atoms with Gasteiger partial charge in [0.05, 0.1) is 17.4 Å². The van der Waals surface area contributed by atoms with Gasteiger partial charge in [0.25, 0.3) is 5.91 Å². The molecular weight excluding hydrogens is 477 g/mol. The molecule has 2 rings (SSSR count). The fourth-order valence-electron chi connectivity index (χ4n) is 3.57. The molecule has 204 valence electrons. The summed E-state index contributed by atoms with van der Waals surface area (Å²) in [7, 11) is 3.93. The molecule has 5 N–H and O–H groups in total. The van der Waals surface area contributed by atoms with Crippen molar-refractivity contribution in [3.63, 3.8) is 0 Å². The molecule has 0 bridgehead atoms. The Morgan fingerprint density at radius 2 is 1.86 bits per heavy atom. The number of pyridine rings is 2. The molecule has 2 amide bonds. The first-order valence-corrected chi connectivity index (χ1v) is 12.3. The van der Waals surface area contributed by atoms with Gasteiger partial charge in [-0.05, 0) is 92.7 Å². The van der Waals surface area contributed by atoms with Crippen molar-refractivity contribution in [2.45, 2.75) is 72.1 Å². The number of carbonyl (C=O) groups excluding carboxylic acids is 2. The zero-order valence-electron chi connectivity index (χ0n) is 23.0. The number of hydrogen-bond donors (Lipinski definition) is 4. The Kier molecular flexibility index (Phi) is 10.2. The lowest BCUT2D eigenvalue weighted by Gasteiger charge is -2.29. The van der Waals surface area contributed by atoms with Crippen LogP contribution in [0.1, 0.15) is 62.2 Å². The van der Waals surface area contributed by atoms with Crippen LogP contribution in [0.2, 0.25) is 0 Å². The molecule has 0 aliphatic carbocycles. The summed E-state index contributed by atoms with van der Waals surface area (Å²) >= 11 is 0. The van der Waals surface area contributed by atoms with E-state index in [4.69, 9.17) is 10.5 Å². The lowest BCUT2D eigenvalue weighted by molar-refractivity contribution is 0.0502. The molecule has 37 heavy (non-hydrogen) atoms. The summed E-state index contributed by atoms with van der Waals surface area (Å²) in [5.74, 6) is -1.53. The van der Waals surface area contributed by atoms with Crippen molar-refractivity contribution in [1.29, 1.82) is 0 Å². The monoisotopic (exact) mass is 517 g/mol. The molecule has 10 nitrogen and oxygen atoms in total. The standard InChI is InChI=1S/C26H40FN7O3/c1-15-12-18(14-29-16(15)2)31-23-19(22(28)35)13-20(27)24(33-23)32-21(10-9-11-34(7)8)17(3)30-25(36)37-26(4,5)6/h12-14,17,21H,9-11H2,1-8H3,(H2,28,35)(H,30,36)(H2,31,32,33)/t17-,21+/m0/s1. The molecule has 2 heterocycles. The van der Waals surface area contributed by atoms with Crippen LogP contribution < -0.4 is 21.7 Å². The van der Waals surface area contributed by atoms with Gasteiger partial charge in [-0.25, -0.2) is 14.2 Å². The highest BCUT2D eigenvalue weighted by Gasteiger charge is 2.25. The minimum Gasteiger partial charge on any atom is -0.444 e. The van der Waals surface area contributed by atoms with Crippen LogP contribution in [0.4, 0.5) is 26.5 Å². The van der Waals surface area contributed by atoms with Crippen LogP contribution in [0, 0.1) is 19.7 Å². The van der Waals surface area contributed by atoms with Gasteiger partial charge < -0.3 is 31.3 Å². The van der Waals surface area contributed by atoms with Crippen LogP contribution in [0.3, 0.4) is 0 Å². The Hall–Kier alpha value is -3.47. The van der Waals surface area contributed by atoms with Crippen LogP contribution in [0.15, 0.2) is 18.3 Å². The minimum atomic E-state index is -0.820. The van der Waals surface area contributed by atoms with Crippen LogP contribution in [0.25, 0.3) is 0 Å². The third-order valence-corrected chi connectivity index (χ3v) is 5.63. The number of primary amides is 1. The molecule has 0 saturated carbocycles. The average Bonchev–Trinajstić information content (AvgIpc) is 2.75. The number of hydrogen-bond acceptors (Lipinski definition) is 8. The van der Waals surface area contributed by atoms with Crippen molar-refractivity contribution >= 4 is 29.3 Å². The molecule has 0 aliphatic heterocycles. The van der Waals surface area contributed by atoms with Gasteiger partial charge in [0, 0.05) is 17.8 Å². The van der Waals surface area contributed by atoms with E-state index in [0.29, 0.717) is 12.1 Å². The van der Waals surface area contributed by atoms with Gasteiger partial charge >= 0.3 is 6.09 Å². The average molecular weight is 518 g/mol. The minimum absolute atomic E-state index is 0.0722. The molecular formula is C26H40FN7O3. The van der Waals surface area contributed by atoms with E-state index in [2.05, 4.69) is 25.9 Å². The second-order valence-electron chi connectivity index (χ2n) is 10.5. The van der Waals surface area contributed by atoms with E-state index in [9.17, 15) is 9.59 Å². The number of aromatic nitrogens is 2. The number of amides is 2. The van der Waals surface area contributed by atoms with E-state index in [1.807, 2.05) is 45.8 Å². The summed E-state index contributed by atoms with van der Waals surface area (Å²) in [6.07, 6.45) is 2.42. The Morgan fingerprint density at radius 3 is 2.43 bits per heavy atom. The molecule has 0 radical (unpaired) electrons. The quantitative estimate of drug-likeness (QED) is 0.350. The number of rotatable bonds is 11. The summed E-state index contributed by atoms with van der Waals surface area (Å²) in [5.41, 5.74) is 7.14. The summed E-state index contributed by atoms with van der Waals surface area (Å²) < 4.78 is 20.5. The lowest BCUT2D eigenvalue weighted by Crippen LogP contribution is -2.47. The van der Waals surface area contributed by atoms with Gasteiger partial charge in [0.15, 0.2) is 11.6 Å². The topological polar surface area (TPSA) is 134 Å². The molecule has 0 saturated heterocycles. The van der Waals surface area contributed by atoms with E-state index in [1.54, 1.807) is 27.0 Å². The molecule has 0 spiro atoms. The maximum Gasteiger partial charge on any atom is 0.407 e. The van der Waals surface area contributed by atoms with Crippen molar-refractivity contribution in [2.75, 3.05) is 31.3 Å². The third kappa shape index (κ3) is 9.49. The fraction of sp³-hybridized carbons (Fsp3) is 0.538. The molecule has 0 fully saturated rings. The van der Waals surface area contributed by atoms with Gasteiger partial charge in [-0.2, -0.15) is 0 Å². The van der Waals surface area contributed by atoms with Crippen LogP contribution in [0.5, 0.6) is 0 Å². The van der Waals surface area contributed by atoms with Gasteiger partial charge in [0.1, 0.15) is 11.4 Å². The second kappa shape index (κ2) is 12.7. The predicted octanol–water partition coefficient (Wildman–Crippen LogP) is 4.11. The Bertz CT molecular complexity index is 1100. The second-order valence-corrected chi connectivity index (χ2v) is 10.5. The maximum atomic E-state index is 15.1. The number of carbonyl (C=O) groups is 2. The fourth-order valence-corrected chi connectivity index (χ4v) is 3.57. The summed E-state index contributed by atoms with van der Waals surface area (Å²) in [4.78, 5) is 35.1. The highest BCUT2D eigenvalue weighted by Crippen LogP contribution is 2.25. The number of aryl methyl sites for hydroxylation is 2. The number of ether oxygens (including phenoxy) is 1. The number of nitrogens with zero attached hydrogens (tertiary/aromatic N) is 3. The van der Waals surface area contributed by atoms with Gasteiger partial charge in [-0.15, -0.1) is 0 Å². The SMILES string of the molecule is Cc1cc(Nc2nc(N[C@H](CCCN(C)C)[C@H](C)NC(=O)OC(C)(C)C)c(F)cc2C(N)=O)cnc1C. The Morgan fingerprint density at radius 1 is 1.19 bits per heavy atom. The van der Waals surface area contributed by atoms with E-state index in [-0.39, 0.29) is 23.2 Å². The van der Waals surface area contributed by atoms with E-state index in [1.165, 1.54) is 0 Å². The summed E-state index contributed by atoms with van der Waals surface area (Å²) in [6, 6.07) is 2.10. The molecule has 2 aromatic rings.